The van der Waals surface area contributed by atoms with Gasteiger partial charge >= 0.3 is 5.97 Å². The van der Waals surface area contributed by atoms with Crippen LogP contribution in [0.4, 0.5) is 5.69 Å². The SMILES string of the molecule is CCOC(=O)Cc1nc(CCNc2cc(C)cc(C)c2)n[nH]1. The molecule has 0 fully saturated rings. The van der Waals surface area contributed by atoms with E-state index in [0.717, 1.165) is 12.2 Å². The third kappa shape index (κ3) is 4.87. The van der Waals surface area contributed by atoms with Gasteiger partial charge in [-0.3, -0.25) is 9.89 Å². The molecule has 2 rings (SSSR count). The number of rotatable bonds is 7. The molecule has 0 aliphatic carbocycles. The molecule has 0 unspecified atom stereocenters. The Balaban J connectivity index is 1.82. The summed E-state index contributed by atoms with van der Waals surface area (Å²) in [4.78, 5) is 15.7. The van der Waals surface area contributed by atoms with E-state index < -0.39 is 0 Å². The van der Waals surface area contributed by atoms with E-state index in [4.69, 9.17) is 4.74 Å². The molecule has 0 saturated heterocycles. The minimum absolute atomic E-state index is 0.130. The van der Waals surface area contributed by atoms with Gasteiger partial charge in [0.1, 0.15) is 12.2 Å². The van der Waals surface area contributed by atoms with Gasteiger partial charge < -0.3 is 10.1 Å². The van der Waals surface area contributed by atoms with E-state index >= 15 is 0 Å². The minimum atomic E-state index is -0.293. The first-order valence-corrected chi connectivity index (χ1v) is 7.44. The van der Waals surface area contributed by atoms with Crippen molar-refractivity contribution in [1.29, 1.82) is 0 Å². The van der Waals surface area contributed by atoms with Crippen LogP contribution in [0, 0.1) is 13.8 Å². The zero-order chi connectivity index (χ0) is 15.9. The summed E-state index contributed by atoms with van der Waals surface area (Å²) in [7, 11) is 0. The Hall–Kier alpha value is -2.37. The molecule has 0 amide bonds. The van der Waals surface area contributed by atoms with Crippen LogP contribution in [0.15, 0.2) is 18.2 Å². The van der Waals surface area contributed by atoms with Gasteiger partial charge in [-0.1, -0.05) is 6.07 Å². The summed E-state index contributed by atoms with van der Waals surface area (Å²) in [6.07, 6.45) is 0.817. The van der Waals surface area contributed by atoms with Crippen molar-refractivity contribution in [3.63, 3.8) is 0 Å². The zero-order valence-electron chi connectivity index (χ0n) is 13.3. The lowest BCUT2D eigenvalue weighted by molar-refractivity contribution is -0.142. The second-order valence-electron chi connectivity index (χ2n) is 5.23. The van der Waals surface area contributed by atoms with Crippen molar-refractivity contribution < 1.29 is 9.53 Å². The fourth-order valence-corrected chi connectivity index (χ4v) is 2.27. The van der Waals surface area contributed by atoms with Gasteiger partial charge in [0, 0.05) is 18.7 Å². The first kappa shape index (κ1) is 16.0. The molecular formula is C16H22N4O2. The van der Waals surface area contributed by atoms with E-state index in [9.17, 15) is 4.79 Å². The molecule has 1 aromatic heterocycles. The van der Waals surface area contributed by atoms with Crippen LogP contribution in [0.5, 0.6) is 0 Å². The number of esters is 1. The second kappa shape index (κ2) is 7.59. The number of anilines is 1. The standard InChI is InChI=1S/C16H22N4O2/c1-4-22-16(21)10-15-18-14(19-20-15)5-6-17-13-8-11(2)7-12(3)9-13/h7-9,17H,4-6,10H2,1-3H3,(H,18,19,20). The molecule has 0 aliphatic rings. The third-order valence-electron chi connectivity index (χ3n) is 3.09. The highest BCUT2D eigenvalue weighted by atomic mass is 16.5. The number of ether oxygens (including phenoxy) is 1. The van der Waals surface area contributed by atoms with Crippen LogP contribution in [-0.4, -0.2) is 34.3 Å². The van der Waals surface area contributed by atoms with Crippen LogP contribution in [0.25, 0.3) is 0 Å². The van der Waals surface area contributed by atoms with Crippen LogP contribution in [0.1, 0.15) is 29.7 Å². The number of nitrogens with zero attached hydrogens (tertiary/aromatic N) is 2. The van der Waals surface area contributed by atoms with Gasteiger partial charge in [-0.15, -0.1) is 0 Å². The van der Waals surface area contributed by atoms with Crippen molar-refractivity contribution in [2.24, 2.45) is 0 Å². The predicted molar refractivity (Wildman–Crippen MR) is 84.8 cm³/mol. The number of nitrogens with one attached hydrogen (secondary N) is 2. The van der Waals surface area contributed by atoms with Gasteiger partial charge in [0.05, 0.1) is 6.61 Å². The molecule has 0 aliphatic heterocycles. The lowest BCUT2D eigenvalue weighted by atomic mass is 10.1. The highest BCUT2D eigenvalue weighted by Crippen LogP contribution is 2.13. The number of aryl methyl sites for hydroxylation is 2. The largest absolute Gasteiger partial charge is 0.466 e. The molecule has 6 nitrogen and oxygen atoms in total. The van der Waals surface area contributed by atoms with Gasteiger partial charge in [-0.25, -0.2) is 4.98 Å². The first-order valence-electron chi connectivity index (χ1n) is 7.44. The molecule has 0 bridgehead atoms. The van der Waals surface area contributed by atoms with Gasteiger partial charge in [0.25, 0.3) is 0 Å². The normalized spacial score (nSPS) is 10.5. The Morgan fingerprint density at radius 1 is 1.27 bits per heavy atom. The lowest BCUT2D eigenvalue weighted by Crippen LogP contribution is -2.09. The summed E-state index contributed by atoms with van der Waals surface area (Å²) in [6.45, 7) is 7.05. The average Bonchev–Trinajstić information content (AvgIpc) is 2.85. The highest BCUT2D eigenvalue weighted by Gasteiger charge is 2.09. The van der Waals surface area contributed by atoms with Crippen molar-refractivity contribution >= 4 is 11.7 Å². The molecule has 2 N–H and O–H groups in total. The minimum Gasteiger partial charge on any atom is -0.466 e. The maximum atomic E-state index is 11.4. The van der Waals surface area contributed by atoms with E-state index in [1.54, 1.807) is 6.92 Å². The molecule has 2 aromatic rings. The lowest BCUT2D eigenvalue weighted by Gasteiger charge is -2.07. The van der Waals surface area contributed by atoms with Crippen LogP contribution in [-0.2, 0) is 22.4 Å². The number of aromatic amines is 1. The number of hydrogen-bond donors (Lipinski definition) is 2. The van der Waals surface area contributed by atoms with Gasteiger partial charge in [-0.2, -0.15) is 5.10 Å². The highest BCUT2D eigenvalue weighted by molar-refractivity contribution is 5.71. The van der Waals surface area contributed by atoms with Gasteiger partial charge in [0.2, 0.25) is 0 Å². The molecule has 0 radical (unpaired) electrons. The van der Waals surface area contributed by atoms with Crippen molar-refractivity contribution in [2.75, 3.05) is 18.5 Å². The molecular weight excluding hydrogens is 280 g/mol. The summed E-state index contributed by atoms with van der Waals surface area (Å²) in [5.41, 5.74) is 3.56. The quantitative estimate of drug-likeness (QED) is 0.766. The van der Waals surface area contributed by atoms with E-state index in [0.29, 0.717) is 24.7 Å². The van der Waals surface area contributed by atoms with Crippen LogP contribution < -0.4 is 5.32 Å². The summed E-state index contributed by atoms with van der Waals surface area (Å²) in [5.74, 6) is 0.939. The van der Waals surface area contributed by atoms with E-state index in [1.165, 1.54) is 11.1 Å². The molecule has 0 saturated carbocycles. The number of carbonyl (C=O) groups is 1. The van der Waals surface area contributed by atoms with Crippen molar-refractivity contribution in [1.82, 2.24) is 15.2 Å². The van der Waals surface area contributed by atoms with Crippen LogP contribution >= 0.6 is 0 Å². The molecule has 0 spiro atoms. The number of carbonyl (C=O) groups excluding carboxylic acids is 1. The number of aromatic nitrogens is 3. The summed E-state index contributed by atoms with van der Waals surface area (Å²) in [6, 6.07) is 6.36. The molecule has 118 valence electrons. The molecule has 0 atom stereocenters. The van der Waals surface area contributed by atoms with Crippen molar-refractivity contribution in [3.05, 3.63) is 41.0 Å². The molecule has 1 heterocycles. The van der Waals surface area contributed by atoms with E-state index in [2.05, 4.69) is 52.5 Å². The maximum absolute atomic E-state index is 11.4. The smallest absolute Gasteiger partial charge is 0.313 e. The van der Waals surface area contributed by atoms with Crippen molar-refractivity contribution in [2.45, 2.75) is 33.6 Å². The number of benzene rings is 1. The zero-order valence-corrected chi connectivity index (χ0v) is 13.3. The maximum Gasteiger partial charge on any atom is 0.313 e. The monoisotopic (exact) mass is 302 g/mol. The average molecular weight is 302 g/mol. The summed E-state index contributed by atoms with van der Waals surface area (Å²) < 4.78 is 4.88. The Morgan fingerprint density at radius 3 is 2.68 bits per heavy atom. The molecule has 6 heteroatoms. The number of hydrogen-bond acceptors (Lipinski definition) is 5. The summed E-state index contributed by atoms with van der Waals surface area (Å²) >= 11 is 0. The Kier molecular flexibility index (Phi) is 5.52. The topological polar surface area (TPSA) is 79.9 Å². The summed E-state index contributed by atoms with van der Waals surface area (Å²) in [5, 5.41) is 10.2. The van der Waals surface area contributed by atoms with Crippen LogP contribution in [0.3, 0.4) is 0 Å². The predicted octanol–water partition coefficient (Wildman–Crippen LogP) is 2.18. The van der Waals surface area contributed by atoms with Crippen LogP contribution in [0.2, 0.25) is 0 Å². The Labute approximate surface area is 130 Å². The Morgan fingerprint density at radius 2 is 2.00 bits per heavy atom. The second-order valence-corrected chi connectivity index (χ2v) is 5.23. The number of H-pyrrole nitrogens is 1. The third-order valence-corrected chi connectivity index (χ3v) is 3.09. The Bertz CT molecular complexity index is 617. The molecule has 22 heavy (non-hydrogen) atoms. The van der Waals surface area contributed by atoms with Gasteiger partial charge in [-0.05, 0) is 44.0 Å². The van der Waals surface area contributed by atoms with Gasteiger partial charge in [0.15, 0.2) is 5.82 Å². The van der Waals surface area contributed by atoms with Crippen molar-refractivity contribution in [3.8, 4) is 0 Å². The van der Waals surface area contributed by atoms with E-state index in [1.807, 2.05) is 0 Å². The fourth-order valence-electron chi connectivity index (χ4n) is 2.27. The first-order chi connectivity index (χ1) is 10.6. The fraction of sp³-hybridized carbons (Fsp3) is 0.438. The van der Waals surface area contributed by atoms with E-state index in [-0.39, 0.29) is 12.4 Å². The molecule has 1 aromatic carbocycles.